The minimum Gasteiger partial charge on any atom is -0.489 e. The van der Waals surface area contributed by atoms with Crippen LogP contribution in [0.5, 0.6) is 5.75 Å². The lowest BCUT2D eigenvalue weighted by Crippen LogP contribution is -2.00. The van der Waals surface area contributed by atoms with Gasteiger partial charge in [0.2, 0.25) is 0 Å². The molecule has 0 fully saturated rings. The van der Waals surface area contributed by atoms with Gasteiger partial charge < -0.3 is 9.84 Å². The molecule has 2 aromatic rings. The topological polar surface area (TPSA) is 46.5 Å². The molecular weight excluding hydrogens is 311 g/mol. The first-order valence-electron chi connectivity index (χ1n) is 6.44. The van der Waals surface area contributed by atoms with Crippen molar-refractivity contribution in [3.05, 3.63) is 63.1 Å². The SMILES string of the molecule is CCc1cc(OCc2ccc(C(=O)O)cc2Cl)ccc1Cl. The summed E-state index contributed by atoms with van der Waals surface area (Å²) in [6, 6.07) is 10.1. The number of hydrogen-bond acceptors (Lipinski definition) is 2. The van der Waals surface area contributed by atoms with Gasteiger partial charge in [-0.25, -0.2) is 4.79 Å². The molecule has 0 aliphatic heterocycles. The third-order valence-corrected chi connectivity index (χ3v) is 3.81. The monoisotopic (exact) mass is 324 g/mol. The maximum atomic E-state index is 10.8. The quantitative estimate of drug-likeness (QED) is 0.856. The van der Waals surface area contributed by atoms with E-state index in [1.807, 2.05) is 13.0 Å². The molecular formula is C16H14Cl2O3. The third kappa shape index (κ3) is 3.90. The molecule has 0 radical (unpaired) electrons. The van der Waals surface area contributed by atoms with Crippen LogP contribution in [0.4, 0.5) is 0 Å². The van der Waals surface area contributed by atoms with Crippen LogP contribution in [0, 0.1) is 0 Å². The van der Waals surface area contributed by atoms with Gasteiger partial charge in [0.25, 0.3) is 0 Å². The van der Waals surface area contributed by atoms with Crippen LogP contribution in [0.15, 0.2) is 36.4 Å². The fraction of sp³-hybridized carbons (Fsp3) is 0.188. The molecule has 0 unspecified atom stereocenters. The Morgan fingerprint density at radius 3 is 2.48 bits per heavy atom. The number of ether oxygens (including phenoxy) is 1. The standard InChI is InChI=1S/C16H14Cl2O3/c1-2-10-7-13(5-6-14(10)17)21-9-12-4-3-11(16(19)20)8-15(12)18/h3-8H,2,9H2,1H3,(H,19,20). The van der Waals surface area contributed by atoms with Crippen molar-refractivity contribution in [1.29, 1.82) is 0 Å². The van der Waals surface area contributed by atoms with E-state index in [-0.39, 0.29) is 12.2 Å². The zero-order valence-electron chi connectivity index (χ0n) is 11.4. The summed E-state index contributed by atoms with van der Waals surface area (Å²) in [6.45, 7) is 2.29. The maximum Gasteiger partial charge on any atom is 0.335 e. The van der Waals surface area contributed by atoms with Crippen molar-refractivity contribution >= 4 is 29.2 Å². The van der Waals surface area contributed by atoms with Crippen molar-refractivity contribution in [3.63, 3.8) is 0 Å². The third-order valence-electron chi connectivity index (χ3n) is 3.09. The number of aromatic carboxylic acids is 1. The first kappa shape index (κ1) is 15.7. The Labute approximate surface area is 133 Å². The largest absolute Gasteiger partial charge is 0.489 e. The zero-order chi connectivity index (χ0) is 15.4. The molecule has 0 saturated carbocycles. The van der Waals surface area contributed by atoms with Crippen molar-refractivity contribution in [1.82, 2.24) is 0 Å². The van der Waals surface area contributed by atoms with Gasteiger partial charge in [-0.15, -0.1) is 0 Å². The molecule has 0 aromatic heterocycles. The Hall–Kier alpha value is -1.71. The minimum absolute atomic E-state index is 0.156. The van der Waals surface area contributed by atoms with E-state index < -0.39 is 5.97 Å². The van der Waals surface area contributed by atoms with Gasteiger partial charge >= 0.3 is 5.97 Å². The van der Waals surface area contributed by atoms with Gasteiger partial charge in [0.1, 0.15) is 12.4 Å². The fourth-order valence-electron chi connectivity index (χ4n) is 1.87. The number of carbonyl (C=O) groups is 1. The smallest absolute Gasteiger partial charge is 0.335 e. The fourth-order valence-corrected chi connectivity index (χ4v) is 2.36. The lowest BCUT2D eigenvalue weighted by atomic mass is 10.1. The van der Waals surface area contributed by atoms with Crippen LogP contribution in [0.2, 0.25) is 10.0 Å². The van der Waals surface area contributed by atoms with E-state index in [4.69, 9.17) is 33.0 Å². The van der Waals surface area contributed by atoms with Crippen LogP contribution in [0.3, 0.4) is 0 Å². The molecule has 0 amide bonds. The summed E-state index contributed by atoms with van der Waals surface area (Å²) in [7, 11) is 0. The highest BCUT2D eigenvalue weighted by molar-refractivity contribution is 6.31. The summed E-state index contributed by atoms with van der Waals surface area (Å²) in [4.78, 5) is 10.8. The summed E-state index contributed by atoms with van der Waals surface area (Å²) < 4.78 is 5.68. The number of halogens is 2. The highest BCUT2D eigenvalue weighted by atomic mass is 35.5. The van der Waals surface area contributed by atoms with E-state index in [2.05, 4.69) is 0 Å². The van der Waals surface area contributed by atoms with E-state index in [1.54, 1.807) is 18.2 Å². The van der Waals surface area contributed by atoms with Crippen molar-refractivity contribution in [2.24, 2.45) is 0 Å². The van der Waals surface area contributed by atoms with Gasteiger partial charge in [-0.2, -0.15) is 0 Å². The second kappa shape index (κ2) is 6.83. The van der Waals surface area contributed by atoms with Crippen molar-refractivity contribution in [2.45, 2.75) is 20.0 Å². The number of rotatable bonds is 5. The summed E-state index contributed by atoms with van der Waals surface area (Å²) in [5.74, 6) is -0.302. The van der Waals surface area contributed by atoms with Crippen molar-refractivity contribution < 1.29 is 14.6 Å². The molecule has 2 aromatic carbocycles. The van der Waals surface area contributed by atoms with Gasteiger partial charge in [0.05, 0.1) is 5.56 Å². The Balaban J connectivity index is 2.11. The first-order chi connectivity index (χ1) is 10.0. The number of hydrogen-bond donors (Lipinski definition) is 1. The highest BCUT2D eigenvalue weighted by Crippen LogP contribution is 2.25. The van der Waals surface area contributed by atoms with Crippen LogP contribution in [-0.4, -0.2) is 11.1 Å². The molecule has 0 heterocycles. The second-order valence-electron chi connectivity index (χ2n) is 4.51. The average molecular weight is 325 g/mol. The van der Waals surface area contributed by atoms with Crippen LogP contribution in [0.25, 0.3) is 0 Å². The van der Waals surface area contributed by atoms with Crippen molar-refractivity contribution in [2.75, 3.05) is 0 Å². The highest BCUT2D eigenvalue weighted by Gasteiger charge is 2.08. The second-order valence-corrected chi connectivity index (χ2v) is 5.32. The van der Waals surface area contributed by atoms with Crippen molar-refractivity contribution in [3.8, 4) is 5.75 Å². The lowest BCUT2D eigenvalue weighted by Gasteiger charge is -2.10. The van der Waals surface area contributed by atoms with E-state index >= 15 is 0 Å². The molecule has 21 heavy (non-hydrogen) atoms. The molecule has 0 atom stereocenters. The Kier molecular flexibility index (Phi) is 5.10. The number of carboxylic acids is 1. The molecule has 110 valence electrons. The number of aryl methyl sites for hydroxylation is 1. The van der Waals surface area contributed by atoms with Gasteiger partial charge in [0, 0.05) is 15.6 Å². The molecule has 0 aliphatic rings. The predicted octanol–water partition coefficient (Wildman–Crippen LogP) is 4.83. The first-order valence-corrected chi connectivity index (χ1v) is 7.19. The molecule has 0 spiro atoms. The summed E-state index contributed by atoms with van der Waals surface area (Å²) in [5, 5.41) is 9.98. The normalized spacial score (nSPS) is 10.4. The lowest BCUT2D eigenvalue weighted by molar-refractivity contribution is 0.0697. The zero-order valence-corrected chi connectivity index (χ0v) is 12.9. The number of benzene rings is 2. The molecule has 0 bridgehead atoms. The predicted molar refractivity (Wildman–Crippen MR) is 83.6 cm³/mol. The maximum absolute atomic E-state index is 10.8. The van der Waals surface area contributed by atoms with E-state index in [0.717, 1.165) is 17.5 Å². The Bertz CT molecular complexity index is 669. The van der Waals surface area contributed by atoms with Gasteiger partial charge in [-0.1, -0.05) is 36.2 Å². The number of carboxylic acid groups (broad SMARTS) is 1. The molecule has 0 aliphatic carbocycles. The van der Waals surface area contributed by atoms with E-state index in [0.29, 0.717) is 15.8 Å². The van der Waals surface area contributed by atoms with Crippen LogP contribution in [0.1, 0.15) is 28.4 Å². The van der Waals surface area contributed by atoms with Gasteiger partial charge in [-0.05, 0) is 42.3 Å². The van der Waals surface area contributed by atoms with Gasteiger partial charge in [-0.3, -0.25) is 0 Å². The summed E-state index contributed by atoms with van der Waals surface area (Å²) >= 11 is 12.1. The van der Waals surface area contributed by atoms with Gasteiger partial charge in [0.15, 0.2) is 0 Å². The van der Waals surface area contributed by atoms with Crippen LogP contribution in [-0.2, 0) is 13.0 Å². The average Bonchev–Trinajstić information content (AvgIpc) is 2.47. The van der Waals surface area contributed by atoms with Crippen LogP contribution >= 0.6 is 23.2 Å². The molecule has 2 rings (SSSR count). The Morgan fingerprint density at radius 1 is 1.10 bits per heavy atom. The summed E-state index contributed by atoms with van der Waals surface area (Å²) in [5.41, 5.74) is 1.90. The molecule has 3 nitrogen and oxygen atoms in total. The van der Waals surface area contributed by atoms with E-state index in [9.17, 15) is 4.79 Å². The van der Waals surface area contributed by atoms with Crippen LogP contribution < -0.4 is 4.74 Å². The minimum atomic E-state index is -1.00. The summed E-state index contributed by atoms with van der Waals surface area (Å²) in [6.07, 6.45) is 0.824. The molecule has 1 N–H and O–H groups in total. The van der Waals surface area contributed by atoms with E-state index in [1.165, 1.54) is 12.1 Å². The molecule has 5 heteroatoms. The molecule has 0 saturated heterocycles. The Morgan fingerprint density at radius 2 is 1.86 bits per heavy atom.